The molecule has 108 valence electrons. The molecule has 0 atom stereocenters. The SMILES string of the molecule is O=C(Nc1ccc(O)cc1)Nc1cc([N+](=O)[O-])ccc1F. The standard InChI is InChI=1S/C13H10FN3O4/c14-11-6-3-9(17(20)21)7-12(11)16-13(19)15-8-1-4-10(18)5-2-8/h1-7,18H,(H2,15,16,19). The van der Waals surface area contributed by atoms with Crippen LogP contribution < -0.4 is 10.6 Å². The second kappa shape index (κ2) is 5.87. The second-order valence-corrected chi connectivity index (χ2v) is 4.05. The van der Waals surface area contributed by atoms with Crippen molar-refractivity contribution < 1.29 is 19.2 Å². The molecule has 2 amide bonds. The van der Waals surface area contributed by atoms with Gasteiger partial charge in [0.25, 0.3) is 5.69 Å². The van der Waals surface area contributed by atoms with Gasteiger partial charge in [-0.25, -0.2) is 9.18 Å². The molecule has 0 saturated carbocycles. The second-order valence-electron chi connectivity index (χ2n) is 4.05. The van der Waals surface area contributed by atoms with Crippen LogP contribution in [0.25, 0.3) is 0 Å². The quantitative estimate of drug-likeness (QED) is 0.459. The fourth-order valence-corrected chi connectivity index (χ4v) is 1.55. The number of nitro benzene ring substituents is 1. The van der Waals surface area contributed by atoms with Crippen molar-refractivity contribution in [3.05, 3.63) is 58.4 Å². The maximum absolute atomic E-state index is 13.5. The number of carbonyl (C=O) groups is 1. The van der Waals surface area contributed by atoms with Crippen LogP contribution in [0.4, 0.5) is 26.2 Å². The number of hydrogen-bond donors (Lipinski definition) is 3. The Balaban J connectivity index is 2.10. The zero-order chi connectivity index (χ0) is 15.4. The van der Waals surface area contributed by atoms with Gasteiger partial charge in [0.2, 0.25) is 0 Å². The molecule has 0 radical (unpaired) electrons. The molecule has 2 aromatic carbocycles. The van der Waals surface area contributed by atoms with Crippen molar-refractivity contribution in [3.8, 4) is 5.75 Å². The Kier molecular flexibility index (Phi) is 3.98. The number of rotatable bonds is 3. The van der Waals surface area contributed by atoms with E-state index < -0.39 is 16.8 Å². The lowest BCUT2D eigenvalue weighted by Crippen LogP contribution is -2.20. The molecule has 0 fully saturated rings. The van der Waals surface area contributed by atoms with Crippen LogP contribution in [0.2, 0.25) is 0 Å². The Hall–Kier alpha value is -3.16. The predicted molar refractivity (Wildman–Crippen MR) is 73.8 cm³/mol. The van der Waals surface area contributed by atoms with Gasteiger partial charge in [-0.3, -0.25) is 10.1 Å². The predicted octanol–water partition coefficient (Wildman–Crippen LogP) is 3.08. The number of aromatic hydroxyl groups is 1. The van der Waals surface area contributed by atoms with Crippen molar-refractivity contribution in [1.29, 1.82) is 0 Å². The molecule has 2 aromatic rings. The summed E-state index contributed by atoms with van der Waals surface area (Å²) >= 11 is 0. The number of phenols is 1. The zero-order valence-corrected chi connectivity index (χ0v) is 10.5. The summed E-state index contributed by atoms with van der Waals surface area (Å²) in [6.45, 7) is 0. The van der Waals surface area contributed by atoms with Gasteiger partial charge >= 0.3 is 6.03 Å². The van der Waals surface area contributed by atoms with Gasteiger partial charge in [0, 0.05) is 17.8 Å². The number of anilines is 2. The number of hydrogen-bond acceptors (Lipinski definition) is 4. The zero-order valence-electron chi connectivity index (χ0n) is 10.5. The number of urea groups is 1. The molecule has 0 aliphatic carbocycles. The first-order valence-electron chi connectivity index (χ1n) is 5.76. The maximum Gasteiger partial charge on any atom is 0.323 e. The van der Waals surface area contributed by atoms with Crippen LogP contribution in [-0.4, -0.2) is 16.1 Å². The molecule has 0 aliphatic heterocycles. The number of nitro groups is 1. The molecule has 0 aliphatic rings. The summed E-state index contributed by atoms with van der Waals surface area (Å²) in [5.74, 6) is -0.757. The van der Waals surface area contributed by atoms with Crippen LogP contribution in [0.5, 0.6) is 5.75 Å². The van der Waals surface area contributed by atoms with E-state index in [2.05, 4.69) is 10.6 Å². The molecular formula is C13H10FN3O4. The summed E-state index contributed by atoms with van der Waals surface area (Å²) in [6.07, 6.45) is 0. The molecule has 0 spiro atoms. The average Bonchev–Trinajstić information content (AvgIpc) is 2.43. The van der Waals surface area contributed by atoms with Gasteiger partial charge < -0.3 is 15.7 Å². The van der Waals surface area contributed by atoms with Crippen molar-refractivity contribution >= 4 is 23.1 Å². The maximum atomic E-state index is 13.5. The van der Waals surface area contributed by atoms with Gasteiger partial charge in [0.05, 0.1) is 10.6 Å². The van der Waals surface area contributed by atoms with E-state index >= 15 is 0 Å². The van der Waals surface area contributed by atoms with Crippen LogP contribution in [0.1, 0.15) is 0 Å². The molecule has 3 N–H and O–H groups in total. The van der Waals surface area contributed by atoms with Gasteiger partial charge in [-0.15, -0.1) is 0 Å². The minimum Gasteiger partial charge on any atom is -0.508 e. The summed E-state index contributed by atoms with van der Waals surface area (Å²) in [6, 6.07) is 7.67. The number of carbonyl (C=O) groups excluding carboxylic acids is 1. The van der Waals surface area contributed by atoms with Gasteiger partial charge in [-0.2, -0.15) is 0 Å². The lowest BCUT2D eigenvalue weighted by Gasteiger charge is -2.08. The molecule has 0 heterocycles. The van der Waals surface area contributed by atoms with Crippen LogP contribution in [0, 0.1) is 15.9 Å². The Morgan fingerprint density at radius 3 is 2.43 bits per heavy atom. The first kappa shape index (κ1) is 14.3. The number of non-ortho nitro benzene ring substituents is 1. The molecule has 2 rings (SSSR count). The van der Waals surface area contributed by atoms with E-state index in [-0.39, 0.29) is 17.1 Å². The number of nitrogens with one attached hydrogen (secondary N) is 2. The Labute approximate surface area is 118 Å². The summed E-state index contributed by atoms with van der Waals surface area (Å²) in [7, 11) is 0. The monoisotopic (exact) mass is 291 g/mol. The normalized spacial score (nSPS) is 9.95. The van der Waals surface area contributed by atoms with Gasteiger partial charge in [-0.05, 0) is 30.3 Å². The topological polar surface area (TPSA) is 104 Å². The highest BCUT2D eigenvalue weighted by Crippen LogP contribution is 2.21. The molecule has 21 heavy (non-hydrogen) atoms. The fraction of sp³-hybridized carbons (Fsp3) is 0. The van der Waals surface area contributed by atoms with E-state index in [9.17, 15) is 19.3 Å². The number of nitrogens with zero attached hydrogens (tertiary/aromatic N) is 1. The first-order chi connectivity index (χ1) is 9.95. The highest BCUT2D eigenvalue weighted by atomic mass is 19.1. The summed E-state index contributed by atoms with van der Waals surface area (Å²) in [4.78, 5) is 21.6. The van der Waals surface area contributed by atoms with Crippen molar-refractivity contribution in [3.63, 3.8) is 0 Å². The van der Waals surface area contributed by atoms with E-state index in [1.54, 1.807) is 0 Å². The van der Waals surface area contributed by atoms with E-state index in [1.807, 2.05) is 0 Å². The van der Waals surface area contributed by atoms with E-state index in [0.717, 1.165) is 18.2 Å². The fourth-order valence-electron chi connectivity index (χ4n) is 1.55. The Morgan fingerprint density at radius 1 is 1.14 bits per heavy atom. The van der Waals surface area contributed by atoms with Gasteiger partial charge in [0.1, 0.15) is 11.6 Å². The van der Waals surface area contributed by atoms with Crippen molar-refractivity contribution in [2.24, 2.45) is 0 Å². The molecule has 0 bridgehead atoms. The minimum absolute atomic E-state index is 0.0330. The molecule has 0 saturated heterocycles. The lowest BCUT2D eigenvalue weighted by molar-refractivity contribution is -0.384. The van der Waals surface area contributed by atoms with E-state index in [4.69, 9.17) is 5.11 Å². The Bertz CT molecular complexity index is 688. The highest BCUT2D eigenvalue weighted by molar-refractivity contribution is 6.00. The first-order valence-corrected chi connectivity index (χ1v) is 5.76. The lowest BCUT2D eigenvalue weighted by atomic mass is 10.2. The van der Waals surface area contributed by atoms with Gasteiger partial charge in [0.15, 0.2) is 0 Å². The van der Waals surface area contributed by atoms with Crippen LogP contribution in [0.3, 0.4) is 0 Å². The van der Waals surface area contributed by atoms with Crippen LogP contribution in [-0.2, 0) is 0 Å². The number of amides is 2. The third-order valence-electron chi connectivity index (χ3n) is 2.53. The van der Waals surface area contributed by atoms with E-state index in [1.165, 1.54) is 24.3 Å². The number of benzene rings is 2. The van der Waals surface area contributed by atoms with E-state index in [0.29, 0.717) is 5.69 Å². The average molecular weight is 291 g/mol. The van der Waals surface area contributed by atoms with Crippen LogP contribution in [0.15, 0.2) is 42.5 Å². The van der Waals surface area contributed by atoms with Gasteiger partial charge in [-0.1, -0.05) is 0 Å². The largest absolute Gasteiger partial charge is 0.508 e. The summed E-state index contributed by atoms with van der Waals surface area (Å²) < 4.78 is 13.5. The van der Waals surface area contributed by atoms with Crippen molar-refractivity contribution in [2.75, 3.05) is 10.6 Å². The van der Waals surface area contributed by atoms with Crippen molar-refractivity contribution in [1.82, 2.24) is 0 Å². The smallest absolute Gasteiger partial charge is 0.323 e. The van der Waals surface area contributed by atoms with Crippen LogP contribution >= 0.6 is 0 Å². The Morgan fingerprint density at radius 2 is 1.81 bits per heavy atom. The molecule has 0 aromatic heterocycles. The molecule has 8 heteroatoms. The van der Waals surface area contributed by atoms with Crippen molar-refractivity contribution in [2.45, 2.75) is 0 Å². The molecule has 7 nitrogen and oxygen atoms in total. The number of halogens is 1. The summed E-state index contributed by atoms with van der Waals surface area (Å²) in [5, 5.41) is 24.3. The molecule has 0 unspecified atom stereocenters. The highest BCUT2D eigenvalue weighted by Gasteiger charge is 2.13. The minimum atomic E-state index is -0.790. The third kappa shape index (κ3) is 3.66. The third-order valence-corrected chi connectivity index (χ3v) is 2.53. The molecular weight excluding hydrogens is 281 g/mol. The summed E-state index contributed by atoms with van der Waals surface area (Å²) in [5.41, 5.74) is -0.270. The number of phenolic OH excluding ortho intramolecular Hbond substituents is 1.